The van der Waals surface area contributed by atoms with E-state index in [0.717, 1.165) is 16.5 Å². The third-order valence-electron chi connectivity index (χ3n) is 7.69. The Balaban J connectivity index is 1.78. The number of carboxylic acid groups (broad SMARTS) is 1. The number of fused-ring (bicyclic) bond motifs is 1. The van der Waals surface area contributed by atoms with E-state index in [9.17, 15) is 28.8 Å². The van der Waals surface area contributed by atoms with Crippen molar-refractivity contribution < 1.29 is 38.6 Å². The van der Waals surface area contributed by atoms with E-state index >= 15 is 0 Å². The van der Waals surface area contributed by atoms with Crippen LogP contribution in [0.15, 0.2) is 30.5 Å². The lowest BCUT2D eigenvalue weighted by molar-refractivity contribution is -0.161. The average molecular weight is 676 g/mol. The summed E-state index contributed by atoms with van der Waals surface area (Å²) in [6.07, 6.45) is 1.54. The summed E-state index contributed by atoms with van der Waals surface area (Å²) < 4.78 is 5.29. The van der Waals surface area contributed by atoms with Gasteiger partial charge in [0.25, 0.3) is 0 Å². The van der Waals surface area contributed by atoms with Crippen LogP contribution in [0.3, 0.4) is 0 Å². The van der Waals surface area contributed by atoms with Crippen LogP contribution in [0.25, 0.3) is 10.9 Å². The maximum Gasteiger partial charge on any atom is 0.329 e. The summed E-state index contributed by atoms with van der Waals surface area (Å²) in [5.41, 5.74) is 1.81. The van der Waals surface area contributed by atoms with Gasteiger partial charge in [-0.2, -0.15) is 0 Å². The van der Waals surface area contributed by atoms with Crippen molar-refractivity contribution >= 4 is 67.8 Å². The van der Waals surface area contributed by atoms with Gasteiger partial charge in [0.05, 0.1) is 5.92 Å². The molecule has 0 unspecified atom stereocenters. The molecule has 11 nitrogen and oxygen atoms in total. The first-order valence-electron chi connectivity index (χ1n) is 15.5. The molecule has 13 heteroatoms. The number of rotatable bonds is 16. The minimum absolute atomic E-state index is 0.00120. The lowest BCUT2D eigenvalue weighted by Gasteiger charge is -2.30. The molecule has 1 fully saturated rings. The third kappa shape index (κ3) is 10.6. The molecule has 0 radical (unpaired) electrons. The number of hydrogen-bond acceptors (Lipinski definition) is 9. The fourth-order valence-corrected chi connectivity index (χ4v) is 7.72. The second-order valence-corrected chi connectivity index (χ2v) is 16.1. The van der Waals surface area contributed by atoms with Crippen LogP contribution in [0, 0.1) is 11.8 Å². The molecule has 0 aliphatic carbocycles. The highest BCUT2D eigenvalue weighted by Gasteiger charge is 2.40. The number of amides is 2. The zero-order chi connectivity index (χ0) is 34.2. The Kier molecular flexibility index (Phi) is 13.3. The van der Waals surface area contributed by atoms with Crippen molar-refractivity contribution in [1.82, 2.24) is 15.2 Å². The van der Waals surface area contributed by atoms with Gasteiger partial charge in [0.15, 0.2) is 11.9 Å². The molecule has 3 N–H and O–H groups in total. The van der Waals surface area contributed by atoms with E-state index in [1.807, 2.05) is 51.2 Å². The molecule has 1 aliphatic heterocycles. The van der Waals surface area contributed by atoms with Crippen molar-refractivity contribution in [3.05, 3.63) is 36.0 Å². The summed E-state index contributed by atoms with van der Waals surface area (Å²) in [5, 5.41) is 13.0. The number of ketones is 2. The average Bonchev–Trinajstić information content (AvgIpc) is 3.62. The molecule has 252 valence electrons. The Hall–Kier alpha value is -3.32. The van der Waals surface area contributed by atoms with Crippen LogP contribution in [0.4, 0.5) is 0 Å². The Bertz CT molecular complexity index is 1440. The summed E-state index contributed by atoms with van der Waals surface area (Å²) in [5.74, 6) is -4.82. The topological polar surface area (TPSA) is 163 Å². The van der Waals surface area contributed by atoms with Gasteiger partial charge < -0.3 is 29.8 Å². The van der Waals surface area contributed by atoms with Crippen molar-refractivity contribution in [2.45, 2.75) is 96.6 Å². The highest BCUT2D eigenvalue weighted by atomic mass is 33.1. The van der Waals surface area contributed by atoms with Gasteiger partial charge in [-0.3, -0.25) is 19.2 Å². The Morgan fingerprint density at radius 1 is 1.11 bits per heavy atom. The Morgan fingerprint density at radius 2 is 1.80 bits per heavy atom. The molecular formula is C33H45N3O8S2. The van der Waals surface area contributed by atoms with E-state index < -0.39 is 59.6 Å². The van der Waals surface area contributed by atoms with Gasteiger partial charge in [0, 0.05) is 52.9 Å². The van der Waals surface area contributed by atoms with Crippen molar-refractivity contribution in [2.24, 2.45) is 11.8 Å². The molecule has 0 saturated carbocycles. The molecule has 1 aromatic heterocycles. The summed E-state index contributed by atoms with van der Waals surface area (Å²) in [4.78, 5) is 81.4. The summed E-state index contributed by atoms with van der Waals surface area (Å²) in [6, 6.07) is 5.77. The molecule has 46 heavy (non-hydrogen) atoms. The number of aromatic nitrogens is 1. The van der Waals surface area contributed by atoms with E-state index in [2.05, 4.69) is 10.3 Å². The first kappa shape index (κ1) is 37.1. The van der Waals surface area contributed by atoms with Crippen LogP contribution >= 0.6 is 21.6 Å². The summed E-state index contributed by atoms with van der Waals surface area (Å²) >= 11 is 0. The van der Waals surface area contributed by atoms with E-state index in [1.54, 1.807) is 10.8 Å². The number of para-hydroxylation sites is 1. The minimum Gasteiger partial charge on any atom is -0.481 e. The van der Waals surface area contributed by atoms with E-state index in [4.69, 9.17) is 9.84 Å². The fourth-order valence-electron chi connectivity index (χ4n) is 5.26. The van der Waals surface area contributed by atoms with Gasteiger partial charge in [-0.25, -0.2) is 4.79 Å². The Labute approximate surface area is 277 Å². The van der Waals surface area contributed by atoms with Crippen molar-refractivity contribution in [2.75, 3.05) is 12.3 Å². The molecule has 1 aliphatic rings. The molecule has 3 rings (SSSR count). The normalized spacial score (nSPS) is 17.6. The minimum atomic E-state index is -1.17. The number of carboxylic acids is 1. The lowest BCUT2D eigenvalue weighted by atomic mass is 9.93. The van der Waals surface area contributed by atoms with Crippen LogP contribution < -0.4 is 5.32 Å². The van der Waals surface area contributed by atoms with Crippen LogP contribution in [-0.4, -0.2) is 85.5 Å². The van der Waals surface area contributed by atoms with Gasteiger partial charge >= 0.3 is 11.9 Å². The molecule has 1 aromatic carbocycles. The fraction of sp³-hybridized carbons (Fsp3) is 0.576. The number of ether oxygens (including phenoxy) is 1. The van der Waals surface area contributed by atoms with Crippen LogP contribution in [0.5, 0.6) is 0 Å². The number of benzene rings is 1. The number of nitrogens with zero attached hydrogens (tertiary/aromatic N) is 1. The molecule has 2 amide bonds. The number of hydrogen-bond donors (Lipinski definition) is 3. The Morgan fingerprint density at radius 3 is 2.46 bits per heavy atom. The molecule has 2 aromatic rings. The van der Waals surface area contributed by atoms with Crippen molar-refractivity contribution in [3.63, 3.8) is 0 Å². The maximum absolute atomic E-state index is 14.0. The first-order valence-corrected chi connectivity index (χ1v) is 17.8. The van der Waals surface area contributed by atoms with Crippen LogP contribution in [0.1, 0.15) is 72.8 Å². The second-order valence-electron chi connectivity index (χ2n) is 12.9. The van der Waals surface area contributed by atoms with Gasteiger partial charge in [-0.05, 0) is 44.7 Å². The molecule has 2 heterocycles. The molecule has 0 spiro atoms. The van der Waals surface area contributed by atoms with E-state index in [1.165, 1.54) is 36.5 Å². The highest BCUT2D eigenvalue weighted by molar-refractivity contribution is 8.77. The number of aliphatic carboxylic acids is 1. The maximum atomic E-state index is 14.0. The zero-order valence-electron chi connectivity index (χ0n) is 27.3. The number of esters is 1. The molecule has 0 bridgehead atoms. The highest BCUT2D eigenvalue weighted by Crippen LogP contribution is 2.36. The molecule has 1 saturated heterocycles. The predicted octanol–water partition coefficient (Wildman–Crippen LogP) is 4.57. The van der Waals surface area contributed by atoms with Gasteiger partial charge in [0.1, 0.15) is 17.9 Å². The third-order valence-corrected chi connectivity index (χ3v) is 11.0. The van der Waals surface area contributed by atoms with Crippen LogP contribution in [-0.2, 0) is 39.9 Å². The van der Waals surface area contributed by atoms with Crippen LogP contribution in [0.2, 0.25) is 0 Å². The summed E-state index contributed by atoms with van der Waals surface area (Å²) in [6.45, 7) is 10.6. The SMILES string of the molecule is CC(=O)C[C@@H](Cc1c[nH]c2ccccc12)C(=O)N[C@@H](CSSC(C)(C)C)C(=O)N1CCC[C@H]1C(=O)O[C@@H](C)C(=O)C[C@@H](C)C(=O)O. The van der Waals surface area contributed by atoms with Crippen molar-refractivity contribution in [3.8, 4) is 0 Å². The summed E-state index contributed by atoms with van der Waals surface area (Å²) in [7, 11) is 3.00. The number of Topliss-reactive ketones (excluding diaryl/α,β-unsaturated/α-hetero) is 2. The van der Waals surface area contributed by atoms with Gasteiger partial charge in [-0.1, -0.05) is 67.5 Å². The number of aromatic amines is 1. The molecular weight excluding hydrogens is 631 g/mol. The number of nitrogens with one attached hydrogen (secondary N) is 2. The quantitative estimate of drug-likeness (QED) is 0.170. The largest absolute Gasteiger partial charge is 0.481 e. The van der Waals surface area contributed by atoms with Crippen molar-refractivity contribution in [1.29, 1.82) is 0 Å². The smallest absolute Gasteiger partial charge is 0.329 e. The standard InChI is InChI=1S/C33H45N3O8S2/c1-19(31(41)42)14-28(38)21(3)44-32(43)27-12-9-13-36(27)30(40)26(18-45-46-33(4,5)6)35-29(39)22(15-20(2)37)16-23-17-34-25-11-8-7-10-24(23)25/h7-8,10-11,17,19,21-22,26-27,34H,9,12-16,18H2,1-6H3,(H,35,39)(H,41,42)/t19-,21+,22+,26+,27+/m1/s1. The number of H-pyrrole nitrogens is 1. The first-order chi connectivity index (χ1) is 21.6. The predicted molar refractivity (Wildman–Crippen MR) is 179 cm³/mol. The number of carbonyl (C=O) groups is 6. The zero-order valence-corrected chi connectivity index (χ0v) is 28.9. The van der Waals surface area contributed by atoms with Gasteiger partial charge in [0.2, 0.25) is 11.8 Å². The van der Waals surface area contributed by atoms with Gasteiger partial charge in [-0.15, -0.1) is 0 Å². The van der Waals surface area contributed by atoms with E-state index in [-0.39, 0.29) is 35.7 Å². The second kappa shape index (κ2) is 16.5. The number of likely N-dealkylation sites (tertiary alicyclic amines) is 1. The number of carbonyl (C=O) groups excluding carboxylic acids is 5. The lowest BCUT2D eigenvalue weighted by Crippen LogP contribution is -2.54. The monoisotopic (exact) mass is 675 g/mol. The molecule has 5 atom stereocenters. The van der Waals surface area contributed by atoms with E-state index in [0.29, 0.717) is 19.3 Å².